The molecule has 3 rings (SSSR count). The fourth-order valence-electron chi connectivity index (χ4n) is 1.79. The molecule has 0 spiro atoms. The fourth-order valence-corrected chi connectivity index (χ4v) is 2.59. The number of pyridine rings is 1. The van der Waals surface area contributed by atoms with Crippen molar-refractivity contribution in [3.63, 3.8) is 0 Å². The molecule has 0 bridgehead atoms. The Morgan fingerprint density at radius 1 is 1.29 bits per heavy atom. The fraction of sp³-hybridized carbons (Fsp3) is 0.143. The molecule has 0 unspecified atom stereocenters. The second-order valence-corrected chi connectivity index (χ2v) is 5.13. The molecule has 3 aromatic heterocycles. The summed E-state index contributed by atoms with van der Waals surface area (Å²) in [4.78, 5) is 20.3. The van der Waals surface area contributed by atoms with Gasteiger partial charge in [-0.3, -0.25) is 9.78 Å². The van der Waals surface area contributed by atoms with Crippen LogP contribution in [-0.2, 0) is 6.42 Å². The van der Waals surface area contributed by atoms with Crippen LogP contribution in [0.1, 0.15) is 16.2 Å². The van der Waals surface area contributed by atoms with Crippen LogP contribution in [0.2, 0.25) is 0 Å². The van der Waals surface area contributed by atoms with E-state index in [-0.39, 0.29) is 5.91 Å². The van der Waals surface area contributed by atoms with E-state index in [0.29, 0.717) is 18.7 Å². The molecule has 21 heavy (non-hydrogen) atoms. The van der Waals surface area contributed by atoms with E-state index in [1.54, 1.807) is 35.3 Å². The van der Waals surface area contributed by atoms with Crippen LogP contribution in [0.3, 0.4) is 0 Å². The number of nitrogens with zero attached hydrogens (tertiary/aromatic N) is 4. The summed E-state index contributed by atoms with van der Waals surface area (Å²) in [7, 11) is 0. The van der Waals surface area contributed by atoms with E-state index in [4.69, 9.17) is 0 Å². The average Bonchev–Trinajstić information content (AvgIpc) is 3.19. The van der Waals surface area contributed by atoms with Crippen molar-refractivity contribution >= 4 is 17.2 Å². The largest absolute Gasteiger partial charge is 0.350 e. The third-order valence-corrected chi connectivity index (χ3v) is 3.68. The molecule has 0 aliphatic carbocycles. The Bertz CT molecular complexity index is 708. The predicted octanol–water partition coefficient (Wildman–Crippen LogP) is 1.70. The van der Waals surface area contributed by atoms with Crippen molar-refractivity contribution in [2.24, 2.45) is 0 Å². The molecule has 3 heterocycles. The molecule has 0 atom stereocenters. The molecule has 0 saturated carbocycles. The van der Waals surface area contributed by atoms with E-state index in [1.807, 2.05) is 17.6 Å². The van der Waals surface area contributed by atoms with Crippen LogP contribution in [0.25, 0.3) is 5.13 Å². The van der Waals surface area contributed by atoms with Crippen molar-refractivity contribution in [1.29, 1.82) is 0 Å². The Morgan fingerprint density at radius 2 is 2.24 bits per heavy atom. The van der Waals surface area contributed by atoms with Gasteiger partial charge in [0.2, 0.25) is 5.13 Å². The Balaban J connectivity index is 1.53. The summed E-state index contributed by atoms with van der Waals surface area (Å²) in [6, 6.07) is 7.11. The maximum Gasteiger partial charge on any atom is 0.269 e. The molecule has 3 aromatic rings. The Hall–Kier alpha value is -2.54. The standard InChI is InChI=1S/C14H13N5OS/c20-13(12-4-1-2-6-15-12)16-8-5-11-10-21-14(18-11)19-9-3-7-17-19/h1-4,6-7,9-10H,5,8H2,(H,16,20). The van der Waals surface area contributed by atoms with Crippen molar-refractivity contribution in [2.45, 2.75) is 6.42 Å². The van der Waals surface area contributed by atoms with Gasteiger partial charge in [0, 0.05) is 36.9 Å². The van der Waals surface area contributed by atoms with Gasteiger partial charge < -0.3 is 5.32 Å². The number of carbonyl (C=O) groups excluding carboxylic acids is 1. The second kappa shape index (κ2) is 6.27. The van der Waals surface area contributed by atoms with Gasteiger partial charge in [0.25, 0.3) is 5.91 Å². The Labute approximate surface area is 125 Å². The quantitative estimate of drug-likeness (QED) is 0.778. The zero-order valence-electron chi connectivity index (χ0n) is 11.1. The zero-order chi connectivity index (χ0) is 14.5. The molecule has 1 amide bonds. The lowest BCUT2D eigenvalue weighted by Crippen LogP contribution is -2.26. The zero-order valence-corrected chi connectivity index (χ0v) is 12.0. The van der Waals surface area contributed by atoms with Gasteiger partial charge in [-0.25, -0.2) is 9.67 Å². The third kappa shape index (κ3) is 3.32. The van der Waals surface area contributed by atoms with Gasteiger partial charge in [0.15, 0.2) is 0 Å². The van der Waals surface area contributed by atoms with E-state index in [0.717, 1.165) is 10.8 Å². The van der Waals surface area contributed by atoms with Crippen LogP contribution in [-0.4, -0.2) is 32.2 Å². The second-order valence-electron chi connectivity index (χ2n) is 4.29. The first-order chi connectivity index (χ1) is 10.3. The van der Waals surface area contributed by atoms with Gasteiger partial charge in [-0.2, -0.15) is 5.10 Å². The van der Waals surface area contributed by atoms with E-state index >= 15 is 0 Å². The molecule has 106 valence electrons. The van der Waals surface area contributed by atoms with Crippen molar-refractivity contribution < 1.29 is 4.79 Å². The lowest BCUT2D eigenvalue weighted by atomic mass is 10.3. The molecule has 7 heteroatoms. The van der Waals surface area contributed by atoms with E-state index < -0.39 is 0 Å². The summed E-state index contributed by atoms with van der Waals surface area (Å²) < 4.78 is 1.72. The minimum Gasteiger partial charge on any atom is -0.350 e. The third-order valence-electron chi connectivity index (χ3n) is 2.80. The highest BCUT2D eigenvalue weighted by atomic mass is 32.1. The number of nitrogens with one attached hydrogen (secondary N) is 1. The van der Waals surface area contributed by atoms with Crippen LogP contribution in [0.5, 0.6) is 0 Å². The smallest absolute Gasteiger partial charge is 0.269 e. The number of rotatable bonds is 5. The predicted molar refractivity (Wildman–Crippen MR) is 79.5 cm³/mol. The molecular formula is C14H13N5OS. The average molecular weight is 299 g/mol. The molecule has 0 aliphatic heterocycles. The number of hydrogen-bond acceptors (Lipinski definition) is 5. The van der Waals surface area contributed by atoms with Crippen molar-refractivity contribution in [1.82, 2.24) is 25.1 Å². The maximum atomic E-state index is 11.8. The maximum absolute atomic E-state index is 11.8. The van der Waals surface area contributed by atoms with Crippen LogP contribution in [0.4, 0.5) is 0 Å². The summed E-state index contributed by atoms with van der Waals surface area (Å²) in [5.74, 6) is -0.168. The van der Waals surface area contributed by atoms with E-state index in [1.165, 1.54) is 11.3 Å². The first kappa shape index (κ1) is 13.4. The number of carbonyl (C=O) groups is 1. The highest BCUT2D eigenvalue weighted by Crippen LogP contribution is 2.13. The summed E-state index contributed by atoms with van der Waals surface area (Å²) >= 11 is 1.53. The van der Waals surface area contributed by atoms with Gasteiger partial charge >= 0.3 is 0 Å². The van der Waals surface area contributed by atoms with Gasteiger partial charge in [-0.1, -0.05) is 6.07 Å². The topological polar surface area (TPSA) is 72.7 Å². The van der Waals surface area contributed by atoms with Gasteiger partial charge in [0.05, 0.1) is 5.69 Å². The Morgan fingerprint density at radius 3 is 3.00 bits per heavy atom. The minimum atomic E-state index is -0.168. The normalized spacial score (nSPS) is 10.5. The first-order valence-corrected chi connectivity index (χ1v) is 7.34. The lowest BCUT2D eigenvalue weighted by molar-refractivity contribution is 0.0949. The molecule has 6 nitrogen and oxygen atoms in total. The van der Waals surface area contributed by atoms with Crippen LogP contribution in [0.15, 0.2) is 48.2 Å². The van der Waals surface area contributed by atoms with Crippen molar-refractivity contribution in [2.75, 3.05) is 6.54 Å². The van der Waals surface area contributed by atoms with Crippen LogP contribution >= 0.6 is 11.3 Å². The highest BCUT2D eigenvalue weighted by Gasteiger charge is 2.07. The molecule has 0 radical (unpaired) electrons. The van der Waals surface area contributed by atoms with Gasteiger partial charge in [-0.05, 0) is 18.2 Å². The summed E-state index contributed by atoms with van der Waals surface area (Å²) in [5, 5.41) is 9.77. The molecule has 0 saturated heterocycles. The summed E-state index contributed by atoms with van der Waals surface area (Å²) in [6.07, 6.45) is 5.85. The number of aromatic nitrogens is 4. The number of hydrogen-bond donors (Lipinski definition) is 1. The van der Waals surface area contributed by atoms with Crippen molar-refractivity contribution in [3.05, 3.63) is 59.6 Å². The van der Waals surface area contributed by atoms with Crippen molar-refractivity contribution in [3.8, 4) is 5.13 Å². The van der Waals surface area contributed by atoms with Crippen LogP contribution in [0, 0.1) is 0 Å². The number of thiazole rings is 1. The highest BCUT2D eigenvalue weighted by molar-refractivity contribution is 7.12. The Kier molecular flexibility index (Phi) is 4.02. The summed E-state index contributed by atoms with van der Waals surface area (Å²) in [6.45, 7) is 0.525. The van der Waals surface area contributed by atoms with E-state index in [2.05, 4.69) is 20.4 Å². The minimum absolute atomic E-state index is 0.168. The molecule has 1 N–H and O–H groups in total. The van der Waals surface area contributed by atoms with Gasteiger partial charge in [0.1, 0.15) is 5.69 Å². The molecule has 0 aliphatic rings. The first-order valence-electron chi connectivity index (χ1n) is 6.46. The molecule has 0 fully saturated rings. The monoisotopic (exact) mass is 299 g/mol. The lowest BCUT2D eigenvalue weighted by Gasteiger charge is -2.02. The summed E-state index contributed by atoms with van der Waals surface area (Å²) in [5.41, 5.74) is 1.36. The van der Waals surface area contributed by atoms with Crippen LogP contribution < -0.4 is 5.32 Å². The van der Waals surface area contributed by atoms with E-state index in [9.17, 15) is 4.79 Å². The molecular weight excluding hydrogens is 286 g/mol. The SMILES string of the molecule is O=C(NCCc1csc(-n2cccn2)n1)c1ccccn1. The van der Waals surface area contributed by atoms with Gasteiger partial charge in [-0.15, -0.1) is 11.3 Å². The molecule has 0 aromatic carbocycles. The number of amides is 1.